The lowest BCUT2D eigenvalue weighted by Crippen LogP contribution is -1.62. The maximum Gasteiger partial charge on any atom is -0.0398 e. The van der Waals surface area contributed by atoms with E-state index in [-0.39, 0.29) is 7.43 Å². The highest BCUT2D eigenvalue weighted by molar-refractivity contribution is 5.11. The monoisotopic (exact) mass is 194 g/mol. The van der Waals surface area contributed by atoms with E-state index in [0.29, 0.717) is 0 Å². The summed E-state index contributed by atoms with van der Waals surface area (Å²) in [6.45, 7) is 11.6. The number of aryl methyl sites for hydroxylation is 1. The molecular formula is C14H26. The van der Waals surface area contributed by atoms with Crippen LogP contribution in [0, 0.1) is 6.92 Å². The van der Waals surface area contributed by atoms with E-state index in [1.54, 1.807) is 6.08 Å². The molecule has 0 heteroatoms. The molecule has 0 aliphatic rings. The fourth-order valence-electron chi connectivity index (χ4n) is 0.534. The summed E-state index contributed by atoms with van der Waals surface area (Å²) in [5.41, 5.74) is 1.32. The highest BCUT2D eigenvalue weighted by Crippen LogP contribution is 1.92. The molecule has 0 aromatic heterocycles. The Hall–Kier alpha value is -1.04. The maximum absolute atomic E-state index is 3.36. The van der Waals surface area contributed by atoms with Crippen LogP contribution in [-0.4, -0.2) is 0 Å². The van der Waals surface area contributed by atoms with E-state index in [0.717, 1.165) is 0 Å². The number of rotatable bonds is 0. The fourth-order valence-corrected chi connectivity index (χ4v) is 0.534. The van der Waals surface area contributed by atoms with Gasteiger partial charge in [-0.15, -0.1) is 6.58 Å². The van der Waals surface area contributed by atoms with Crippen LogP contribution >= 0.6 is 0 Å². The van der Waals surface area contributed by atoms with Crippen LogP contribution in [0.25, 0.3) is 0 Å². The highest BCUT2D eigenvalue weighted by atomic mass is 13.8. The SMILES string of the molecule is C.C=CC.CCC.Cc1ccccc1. The van der Waals surface area contributed by atoms with Gasteiger partial charge in [0.15, 0.2) is 0 Å². The molecule has 0 saturated carbocycles. The average Bonchev–Trinajstić information content (AvgIpc) is 2.08. The Balaban J connectivity index is -0.000000150. The Labute approximate surface area is 90.7 Å². The lowest BCUT2D eigenvalue weighted by Gasteiger charge is -1.82. The summed E-state index contributed by atoms with van der Waals surface area (Å²) in [4.78, 5) is 0. The molecule has 0 aliphatic carbocycles. The third kappa shape index (κ3) is 22.4. The fraction of sp³-hybridized carbons (Fsp3) is 0.429. The predicted octanol–water partition coefficient (Wildman–Crippen LogP) is 5.24. The van der Waals surface area contributed by atoms with Crippen molar-refractivity contribution in [1.82, 2.24) is 0 Å². The molecule has 0 spiro atoms. The Morgan fingerprint density at radius 2 is 1.43 bits per heavy atom. The first-order valence-corrected chi connectivity index (χ1v) is 4.81. The number of hydrogen-bond donors (Lipinski definition) is 0. The molecule has 0 radical (unpaired) electrons. The lowest BCUT2D eigenvalue weighted by atomic mass is 10.2. The molecule has 0 unspecified atom stereocenters. The van der Waals surface area contributed by atoms with Gasteiger partial charge in [0.05, 0.1) is 0 Å². The summed E-state index contributed by atoms with van der Waals surface area (Å²) in [5.74, 6) is 0. The van der Waals surface area contributed by atoms with E-state index in [1.807, 2.05) is 25.1 Å². The van der Waals surface area contributed by atoms with Gasteiger partial charge in [-0.2, -0.15) is 0 Å². The second-order valence-corrected chi connectivity index (χ2v) is 2.77. The Kier molecular flexibility index (Phi) is 23.9. The molecule has 0 bridgehead atoms. The van der Waals surface area contributed by atoms with Crippen LogP contribution in [0.3, 0.4) is 0 Å². The quantitative estimate of drug-likeness (QED) is 0.495. The van der Waals surface area contributed by atoms with Crippen molar-refractivity contribution in [2.24, 2.45) is 0 Å². The Bertz CT molecular complexity index is 174. The predicted molar refractivity (Wildman–Crippen MR) is 69.7 cm³/mol. The summed E-state index contributed by atoms with van der Waals surface area (Å²) < 4.78 is 0. The van der Waals surface area contributed by atoms with Gasteiger partial charge in [-0.3, -0.25) is 0 Å². The van der Waals surface area contributed by atoms with E-state index < -0.39 is 0 Å². The molecule has 82 valence electrons. The van der Waals surface area contributed by atoms with Gasteiger partial charge in [0.1, 0.15) is 0 Å². The average molecular weight is 194 g/mol. The zero-order valence-corrected chi connectivity index (χ0v) is 9.38. The third-order valence-corrected chi connectivity index (χ3v) is 0.940. The van der Waals surface area contributed by atoms with Crippen LogP contribution in [0.4, 0.5) is 0 Å². The van der Waals surface area contributed by atoms with Crippen LogP contribution in [0.15, 0.2) is 43.0 Å². The highest BCUT2D eigenvalue weighted by Gasteiger charge is 1.72. The third-order valence-electron chi connectivity index (χ3n) is 0.940. The first kappa shape index (κ1) is 18.7. The molecule has 0 heterocycles. The smallest absolute Gasteiger partial charge is 0.0398 e. The lowest BCUT2D eigenvalue weighted by molar-refractivity contribution is 1.09. The zero-order valence-electron chi connectivity index (χ0n) is 9.38. The van der Waals surface area contributed by atoms with E-state index in [2.05, 4.69) is 39.5 Å². The van der Waals surface area contributed by atoms with Crippen LogP contribution in [0.1, 0.15) is 40.2 Å². The zero-order chi connectivity index (χ0) is 10.5. The van der Waals surface area contributed by atoms with Crippen LogP contribution in [-0.2, 0) is 0 Å². The van der Waals surface area contributed by atoms with E-state index in [4.69, 9.17) is 0 Å². The number of benzene rings is 1. The van der Waals surface area contributed by atoms with Gasteiger partial charge in [0, 0.05) is 0 Å². The first-order chi connectivity index (χ1) is 6.22. The van der Waals surface area contributed by atoms with Crippen molar-refractivity contribution in [3.05, 3.63) is 48.6 Å². The topological polar surface area (TPSA) is 0 Å². The molecule has 0 amide bonds. The van der Waals surface area contributed by atoms with Crippen LogP contribution in [0.5, 0.6) is 0 Å². The van der Waals surface area contributed by atoms with E-state index >= 15 is 0 Å². The molecule has 0 saturated heterocycles. The molecule has 0 fully saturated rings. The second kappa shape index (κ2) is 17.9. The Morgan fingerprint density at radius 3 is 1.57 bits per heavy atom. The summed E-state index contributed by atoms with van der Waals surface area (Å²) >= 11 is 0. The standard InChI is InChI=1S/C7H8.C3H8.C3H6.CH4/c1-7-5-3-2-4-6-7;2*1-3-2;/h2-6H,1H3;3H2,1-2H3;3H,1H2,2H3;1H4. The Morgan fingerprint density at radius 1 is 1.14 bits per heavy atom. The number of hydrogen-bond acceptors (Lipinski definition) is 0. The minimum absolute atomic E-state index is 0. The molecule has 1 aromatic rings. The molecule has 0 aliphatic heterocycles. The van der Waals surface area contributed by atoms with Crippen molar-refractivity contribution in [3.8, 4) is 0 Å². The minimum Gasteiger partial charge on any atom is -0.103 e. The van der Waals surface area contributed by atoms with Crippen LogP contribution in [0.2, 0.25) is 0 Å². The van der Waals surface area contributed by atoms with Gasteiger partial charge < -0.3 is 0 Å². The summed E-state index contributed by atoms with van der Waals surface area (Å²) in [5, 5.41) is 0. The van der Waals surface area contributed by atoms with Crippen molar-refractivity contribution < 1.29 is 0 Å². The second-order valence-electron chi connectivity index (χ2n) is 2.77. The molecular weight excluding hydrogens is 168 g/mol. The number of allylic oxidation sites excluding steroid dienone is 1. The molecule has 0 atom stereocenters. The minimum atomic E-state index is 0. The maximum atomic E-state index is 3.36. The van der Waals surface area contributed by atoms with E-state index in [9.17, 15) is 0 Å². The van der Waals surface area contributed by atoms with Gasteiger partial charge in [0.2, 0.25) is 0 Å². The van der Waals surface area contributed by atoms with Crippen molar-refractivity contribution in [2.75, 3.05) is 0 Å². The molecule has 0 nitrogen and oxygen atoms in total. The van der Waals surface area contributed by atoms with Crippen LogP contribution < -0.4 is 0 Å². The van der Waals surface area contributed by atoms with Gasteiger partial charge in [-0.25, -0.2) is 0 Å². The van der Waals surface area contributed by atoms with Gasteiger partial charge >= 0.3 is 0 Å². The molecule has 0 N–H and O–H groups in total. The normalized spacial score (nSPS) is 6.57. The van der Waals surface area contributed by atoms with Crippen molar-refractivity contribution in [2.45, 2.75) is 41.5 Å². The molecule has 14 heavy (non-hydrogen) atoms. The van der Waals surface area contributed by atoms with E-state index in [1.165, 1.54) is 12.0 Å². The van der Waals surface area contributed by atoms with Gasteiger partial charge in [-0.1, -0.05) is 69.7 Å². The summed E-state index contributed by atoms with van der Waals surface area (Å²) in [6, 6.07) is 10.3. The summed E-state index contributed by atoms with van der Waals surface area (Å²) in [7, 11) is 0. The first-order valence-electron chi connectivity index (χ1n) is 4.81. The largest absolute Gasteiger partial charge is 0.103 e. The van der Waals surface area contributed by atoms with Crippen molar-refractivity contribution >= 4 is 0 Å². The molecule has 1 rings (SSSR count). The molecule has 1 aromatic carbocycles. The summed E-state index contributed by atoms with van der Waals surface area (Å²) in [6.07, 6.45) is 3.00. The van der Waals surface area contributed by atoms with Gasteiger partial charge in [0.25, 0.3) is 0 Å². The van der Waals surface area contributed by atoms with Crippen molar-refractivity contribution in [3.63, 3.8) is 0 Å². The van der Waals surface area contributed by atoms with Crippen molar-refractivity contribution in [1.29, 1.82) is 0 Å². The van der Waals surface area contributed by atoms with Gasteiger partial charge in [-0.05, 0) is 13.8 Å².